The molecule has 27 heavy (non-hydrogen) atoms. The maximum Gasteiger partial charge on any atom is 0.123 e. The van der Waals surface area contributed by atoms with Crippen LogP contribution in [0.3, 0.4) is 0 Å². The van der Waals surface area contributed by atoms with E-state index in [0.29, 0.717) is 0 Å². The molecule has 4 rings (SSSR count). The predicted octanol–water partition coefficient (Wildman–Crippen LogP) is 5.12. The van der Waals surface area contributed by atoms with E-state index in [1.807, 2.05) is 0 Å². The first-order valence-corrected chi connectivity index (χ1v) is 10.4. The summed E-state index contributed by atoms with van der Waals surface area (Å²) >= 11 is 0. The summed E-state index contributed by atoms with van der Waals surface area (Å²) in [5, 5.41) is 0. The van der Waals surface area contributed by atoms with Crippen LogP contribution in [0.25, 0.3) is 11.0 Å². The van der Waals surface area contributed by atoms with Crippen LogP contribution in [0.4, 0.5) is 0 Å². The summed E-state index contributed by atoms with van der Waals surface area (Å²) < 4.78 is 2.26. The normalized spacial score (nSPS) is 16.2. The van der Waals surface area contributed by atoms with Gasteiger partial charge in [0.15, 0.2) is 0 Å². The van der Waals surface area contributed by atoms with Crippen molar-refractivity contribution in [2.75, 3.05) is 13.1 Å². The standard InChI is InChI=1S/C24H31N3/c1-19-11-12-23-22(17-19)25-24(26(23)2)18-27-15-13-21(14-16-27)10-6-9-20-7-4-3-5-8-20/h3-5,7-8,11-12,17,21H,6,9-10,13-16,18H2,1-2H3. The molecule has 0 N–H and O–H groups in total. The lowest BCUT2D eigenvalue weighted by Gasteiger charge is -2.31. The third kappa shape index (κ3) is 4.41. The van der Waals surface area contributed by atoms with Crippen molar-refractivity contribution in [1.82, 2.24) is 14.5 Å². The number of imidazole rings is 1. The van der Waals surface area contributed by atoms with Crippen LogP contribution in [0.5, 0.6) is 0 Å². The first kappa shape index (κ1) is 18.2. The van der Waals surface area contributed by atoms with Crippen molar-refractivity contribution < 1.29 is 0 Å². The van der Waals surface area contributed by atoms with Crippen LogP contribution >= 0.6 is 0 Å². The molecule has 3 heteroatoms. The molecule has 2 aromatic carbocycles. The van der Waals surface area contributed by atoms with E-state index >= 15 is 0 Å². The minimum absolute atomic E-state index is 0.896. The fourth-order valence-corrected chi connectivity index (χ4v) is 4.37. The molecule has 1 aliphatic heterocycles. The van der Waals surface area contributed by atoms with Gasteiger partial charge in [0.2, 0.25) is 0 Å². The topological polar surface area (TPSA) is 21.1 Å². The van der Waals surface area contributed by atoms with Gasteiger partial charge >= 0.3 is 0 Å². The lowest BCUT2D eigenvalue weighted by molar-refractivity contribution is 0.166. The number of hydrogen-bond acceptors (Lipinski definition) is 2. The second-order valence-electron chi connectivity index (χ2n) is 8.18. The van der Waals surface area contributed by atoms with E-state index in [1.165, 1.54) is 67.7 Å². The van der Waals surface area contributed by atoms with E-state index < -0.39 is 0 Å². The van der Waals surface area contributed by atoms with Crippen molar-refractivity contribution >= 4 is 11.0 Å². The van der Waals surface area contributed by atoms with Crippen molar-refractivity contribution in [3.8, 4) is 0 Å². The SMILES string of the molecule is Cc1ccc2c(c1)nc(CN1CCC(CCCc3ccccc3)CC1)n2C. The van der Waals surface area contributed by atoms with Crippen molar-refractivity contribution in [2.45, 2.75) is 45.6 Å². The summed E-state index contributed by atoms with van der Waals surface area (Å²) in [6.07, 6.45) is 6.57. The zero-order valence-corrected chi connectivity index (χ0v) is 16.7. The number of rotatable bonds is 6. The Hall–Kier alpha value is -2.13. The fraction of sp³-hybridized carbons (Fsp3) is 0.458. The van der Waals surface area contributed by atoms with Gasteiger partial charge < -0.3 is 4.57 Å². The van der Waals surface area contributed by atoms with Gasteiger partial charge in [0.1, 0.15) is 5.82 Å². The average molecular weight is 362 g/mol. The molecule has 1 fully saturated rings. The molecule has 0 spiro atoms. The van der Waals surface area contributed by atoms with Crippen LogP contribution in [0, 0.1) is 12.8 Å². The molecule has 2 heterocycles. The molecule has 0 radical (unpaired) electrons. The van der Waals surface area contributed by atoms with E-state index in [-0.39, 0.29) is 0 Å². The lowest BCUT2D eigenvalue weighted by atomic mass is 9.91. The van der Waals surface area contributed by atoms with Crippen molar-refractivity contribution in [1.29, 1.82) is 0 Å². The van der Waals surface area contributed by atoms with Gasteiger partial charge in [-0.1, -0.05) is 42.8 Å². The quantitative estimate of drug-likeness (QED) is 0.608. The largest absolute Gasteiger partial charge is 0.330 e. The zero-order valence-electron chi connectivity index (χ0n) is 16.7. The molecule has 0 amide bonds. The smallest absolute Gasteiger partial charge is 0.123 e. The minimum atomic E-state index is 0.896. The predicted molar refractivity (Wildman–Crippen MR) is 113 cm³/mol. The Bertz CT molecular complexity index is 873. The summed E-state index contributed by atoms with van der Waals surface area (Å²) in [6, 6.07) is 17.5. The van der Waals surface area contributed by atoms with Crippen LogP contribution in [0.2, 0.25) is 0 Å². The Morgan fingerprint density at radius 3 is 2.59 bits per heavy atom. The summed E-state index contributed by atoms with van der Waals surface area (Å²) in [7, 11) is 2.15. The molecule has 3 nitrogen and oxygen atoms in total. The molecule has 1 aliphatic rings. The average Bonchev–Trinajstić information content (AvgIpc) is 2.99. The number of aryl methyl sites for hydroxylation is 3. The van der Waals surface area contributed by atoms with Crippen LogP contribution in [0.1, 0.15) is 42.6 Å². The summed E-state index contributed by atoms with van der Waals surface area (Å²) in [5.74, 6) is 2.09. The van der Waals surface area contributed by atoms with Crippen LogP contribution in [-0.2, 0) is 20.0 Å². The minimum Gasteiger partial charge on any atom is -0.330 e. The molecule has 0 aliphatic carbocycles. The number of aromatic nitrogens is 2. The van der Waals surface area contributed by atoms with E-state index in [2.05, 4.69) is 72.0 Å². The van der Waals surface area contributed by atoms with Crippen molar-refractivity contribution in [3.63, 3.8) is 0 Å². The Balaban J connectivity index is 1.26. The number of likely N-dealkylation sites (tertiary alicyclic amines) is 1. The van der Waals surface area contributed by atoms with Gasteiger partial charge in [-0.2, -0.15) is 0 Å². The van der Waals surface area contributed by atoms with Gasteiger partial charge in [0.25, 0.3) is 0 Å². The van der Waals surface area contributed by atoms with Gasteiger partial charge in [0.05, 0.1) is 17.6 Å². The Kier molecular flexibility index (Phi) is 5.58. The highest BCUT2D eigenvalue weighted by molar-refractivity contribution is 5.76. The van der Waals surface area contributed by atoms with E-state index in [4.69, 9.17) is 4.98 Å². The summed E-state index contributed by atoms with van der Waals surface area (Å²) in [5.41, 5.74) is 5.13. The molecule has 0 atom stereocenters. The zero-order chi connectivity index (χ0) is 18.6. The van der Waals surface area contributed by atoms with Crippen LogP contribution in [0.15, 0.2) is 48.5 Å². The highest BCUT2D eigenvalue weighted by Gasteiger charge is 2.20. The number of benzene rings is 2. The molecule has 0 unspecified atom stereocenters. The van der Waals surface area contributed by atoms with E-state index in [9.17, 15) is 0 Å². The molecule has 3 aromatic rings. The monoisotopic (exact) mass is 361 g/mol. The highest BCUT2D eigenvalue weighted by Crippen LogP contribution is 2.25. The number of piperidine rings is 1. The Labute approximate surface area is 163 Å². The maximum atomic E-state index is 4.89. The molecular weight excluding hydrogens is 330 g/mol. The van der Waals surface area contributed by atoms with E-state index in [1.54, 1.807) is 0 Å². The third-order valence-electron chi connectivity index (χ3n) is 6.12. The number of hydrogen-bond donors (Lipinski definition) is 0. The van der Waals surface area contributed by atoms with Crippen LogP contribution < -0.4 is 0 Å². The van der Waals surface area contributed by atoms with Gasteiger partial charge in [-0.3, -0.25) is 4.90 Å². The van der Waals surface area contributed by atoms with Crippen molar-refractivity contribution in [2.24, 2.45) is 13.0 Å². The van der Waals surface area contributed by atoms with Crippen LogP contribution in [-0.4, -0.2) is 27.5 Å². The second-order valence-corrected chi connectivity index (χ2v) is 8.18. The maximum absolute atomic E-state index is 4.89. The molecule has 0 bridgehead atoms. The second kappa shape index (κ2) is 8.26. The Morgan fingerprint density at radius 2 is 1.81 bits per heavy atom. The first-order chi connectivity index (χ1) is 13.2. The third-order valence-corrected chi connectivity index (χ3v) is 6.12. The highest BCUT2D eigenvalue weighted by atomic mass is 15.2. The Morgan fingerprint density at radius 1 is 1.04 bits per heavy atom. The molecule has 1 saturated heterocycles. The first-order valence-electron chi connectivity index (χ1n) is 10.4. The van der Waals surface area contributed by atoms with Gasteiger partial charge in [-0.15, -0.1) is 0 Å². The van der Waals surface area contributed by atoms with Gasteiger partial charge in [-0.05, 0) is 74.9 Å². The lowest BCUT2D eigenvalue weighted by Crippen LogP contribution is -2.34. The van der Waals surface area contributed by atoms with E-state index in [0.717, 1.165) is 18.0 Å². The molecular formula is C24H31N3. The molecule has 142 valence electrons. The fourth-order valence-electron chi connectivity index (χ4n) is 4.37. The molecule has 1 aromatic heterocycles. The van der Waals surface area contributed by atoms with Gasteiger partial charge in [-0.25, -0.2) is 4.98 Å². The summed E-state index contributed by atoms with van der Waals surface area (Å²) in [4.78, 5) is 7.48. The number of fused-ring (bicyclic) bond motifs is 1. The number of nitrogens with zero attached hydrogens (tertiary/aromatic N) is 3. The molecule has 0 saturated carbocycles. The van der Waals surface area contributed by atoms with Crippen molar-refractivity contribution in [3.05, 3.63) is 65.5 Å². The van der Waals surface area contributed by atoms with Gasteiger partial charge in [0, 0.05) is 7.05 Å². The summed E-state index contributed by atoms with van der Waals surface area (Å²) in [6.45, 7) is 5.52.